The highest BCUT2D eigenvalue weighted by Gasteiger charge is 2.33. The van der Waals surface area contributed by atoms with Crippen LogP contribution in [-0.4, -0.2) is 24.3 Å². The van der Waals surface area contributed by atoms with Crippen LogP contribution in [0.4, 0.5) is 0 Å². The Labute approximate surface area is 250 Å². The number of benzene rings is 3. The highest BCUT2D eigenvalue weighted by Crippen LogP contribution is 2.35. The number of carbonyl (C=O) groups excluding carboxylic acids is 1. The Morgan fingerprint density at radius 1 is 1.02 bits per heavy atom. The summed E-state index contributed by atoms with van der Waals surface area (Å²) in [6.07, 6.45) is 2.33. The number of carbonyl (C=O) groups is 1. The average Bonchev–Trinajstić information content (AvgIpc) is 3.31. The first-order valence-corrected chi connectivity index (χ1v) is 14.9. The van der Waals surface area contributed by atoms with Gasteiger partial charge in [-0.25, -0.2) is 9.79 Å². The van der Waals surface area contributed by atoms with Crippen LogP contribution in [0, 0.1) is 0 Å². The first kappa shape index (κ1) is 28.6. The number of nitrogens with zero attached hydrogens (tertiary/aromatic N) is 2. The molecule has 0 spiro atoms. The van der Waals surface area contributed by atoms with Gasteiger partial charge in [-0.15, -0.1) is 0 Å². The highest BCUT2D eigenvalue weighted by atomic mass is 79.9. The Bertz CT molecular complexity index is 1780. The summed E-state index contributed by atoms with van der Waals surface area (Å²) in [5.41, 5.74) is 3.35. The van der Waals surface area contributed by atoms with Gasteiger partial charge in [0.1, 0.15) is 6.61 Å². The summed E-state index contributed by atoms with van der Waals surface area (Å²) in [6, 6.07) is 22.5. The first-order valence-electron chi connectivity index (χ1n) is 13.3. The van der Waals surface area contributed by atoms with Crippen LogP contribution in [0.3, 0.4) is 0 Å². The fourth-order valence-corrected chi connectivity index (χ4v) is 6.18. The van der Waals surface area contributed by atoms with Gasteiger partial charge in [-0.05, 0) is 48.2 Å². The van der Waals surface area contributed by atoms with Crippen molar-refractivity contribution in [2.45, 2.75) is 32.9 Å². The molecule has 1 aromatic heterocycles. The fraction of sp³-hybridized carbons (Fsp3) is 0.219. The molecule has 4 aromatic rings. The van der Waals surface area contributed by atoms with E-state index in [4.69, 9.17) is 19.2 Å². The second kappa shape index (κ2) is 12.7. The molecule has 0 radical (unpaired) electrons. The monoisotopic (exact) mass is 632 g/mol. The molecule has 7 nitrogen and oxygen atoms in total. The Balaban J connectivity index is 1.61. The molecule has 210 valence electrons. The molecule has 0 aliphatic carbocycles. The van der Waals surface area contributed by atoms with Crippen LogP contribution in [-0.2, 0) is 16.1 Å². The maximum Gasteiger partial charge on any atom is 0.338 e. The smallest absolute Gasteiger partial charge is 0.338 e. The third-order valence-corrected chi connectivity index (χ3v) is 8.32. The lowest BCUT2D eigenvalue weighted by molar-refractivity contribution is -0.136. The molecule has 2 heterocycles. The van der Waals surface area contributed by atoms with Gasteiger partial charge in [-0.3, -0.25) is 9.36 Å². The third kappa shape index (κ3) is 5.92. The van der Waals surface area contributed by atoms with Gasteiger partial charge in [0.2, 0.25) is 0 Å². The minimum Gasteiger partial charge on any atom is -0.490 e. The number of thiazole rings is 1. The van der Waals surface area contributed by atoms with Crippen LogP contribution < -0.4 is 24.4 Å². The largest absolute Gasteiger partial charge is 0.490 e. The summed E-state index contributed by atoms with van der Waals surface area (Å²) >= 11 is 4.94. The second-order valence-electron chi connectivity index (χ2n) is 9.23. The summed E-state index contributed by atoms with van der Waals surface area (Å²) < 4.78 is 19.9. The zero-order valence-electron chi connectivity index (χ0n) is 22.9. The lowest BCUT2D eigenvalue weighted by atomic mass is 9.95. The van der Waals surface area contributed by atoms with Gasteiger partial charge in [0.15, 0.2) is 16.3 Å². The first-order chi connectivity index (χ1) is 19.9. The number of halogens is 1. The minimum absolute atomic E-state index is 0.242. The zero-order valence-corrected chi connectivity index (χ0v) is 25.3. The van der Waals surface area contributed by atoms with Gasteiger partial charge >= 0.3 is 5.97 Å². The molecule has 0 amide bonds. The summed E-state index contributed by atoms with van der Waals surface area (Å²) in [5.74, 6) is 0.679. The van der Waals surface area contributed by atoms with Gasteiger partial charge in [0.25, 0.3) is 5.56 Å². The van der Waals surface area contributed by atoms with Gasteiger partial charge < -0.3 is 14.2 Å². The lowest BCUT2D eigenvalue weighted by Crippen LogP contribution is -2.40. The molecule has 0 saturated heterocycles. The van der Waals surface area contributed by atoms with Crippen LogP contribution >= 0.6 is 27.3 Å². The van der Waals surface area contributed by atoms with Crippen molar-refractivity contribution in [3.63, 3.8) is 0 Å². The standard InChI is InChI=1S/C32H29BrN2O5S/c1-4-24-28(31(37)38-3)29(21-14-10-7-11-15-21)35-30(36)27(41-32(35)34-24)17-22-16-25(39-5-2)26(18-23(22)33)40-19-20-12-8-6-9-13-20/h6-18,29H,4-5,19H2,1-3H3/b27-17-/t29-/m1/s1. The molecule has 1 atom stereocenters. The Hall–Kier alpha value is -3.95. The number of esters is 1. The Morgan fingerprint density at radius 3 is 2.37 bits per heavy atom. The van der Waals surface area contributed by atoms with Crippen molar-refractivity contribution in [2.75, 3.05) is 13.7 Å². The zero-order chi connectivity index (χ0) is 28.9. The predicted molar refractivity (Wildman–Crippen MR) is 163 cm³/mol. The van der Waals surface area contributed by atoms with Crippen LogP contribution in [0.15, 0.2) is 98.3 Å². The van der Waals surface area contributed by atoms with E-state index in [0.717, 1.165) is 21.2 Å². The molecule has 0 fully saturated rings. The summed E-state index contributed by atoms with van der Waals surface area (Å²) in [5, 5.41) is 0. The summed E-state index contributed by atoms with van der Waals surface area (Å²) in [6.45, 7) is 4.70. The molecule has 5 rings (SSSR count). The summed E-state index contributed by atoms with van der Waals surface area (Å²) in [7, 11) is 1.34. The van der Waals surface area contributed by atoms with Crippen molar-refractivity contribution in [3.8, 4) is 11.5 Å². The van der Waals surface area contributed by atoms with E-state index in [9.17, 15) is 9.59 Å². The van der Waals surface area contributed by atoms with Crippen molar-refractivity contribution in [3.05, 3.63) is 125 Å². The molecular weight excluding hydrogens is 604 g/mol. The van der Waals surface area contributed by atoms with Crippen molar-refractivity contribution < 1.29 is 19.0 Å². The van der Waals surface area contributed by atoms with Gasteiger partial charge in [-0.1, -0.05) is 94.9 Å². The maximum absolute atomic E-state index is 13.9. The number of hydrogen-bond acceptors (Lipinski definition) is 7. The van der Waals surface area contributed by atoms with E-state index < -0.39 is 12.0 Å². The highest BCUT2D eigenvalue weighted by molar-refractivity contribution is 9.10. The van der Waals surface area contributed by atoms with E-state index in [0.29, 0.717) is 51.7 Å². The van der Waals surface area contributed by atoms with Crippen LogP contribution in [0.2, 0.25) is 0 Å². The minimum atomic E-state index is -0.645. The van der Waals surface area contributed by atoms with Gasteiger partial charge in [0, 0.05) is 4.47 Å². The Kier molecular flexibility index (Phi) is 8.85. The molecule has 0 N–H and O–H groups in total. The van der Waals surface area contributed by atoms with Crippen molar-refractivity contribution in [2.24, 2.45) is 4.99 Å². The third-order valence-electron chi connectivity index (χ3n) is 6.65. The van der Waals surface area contributed by atoms with Gasteiger partial charge in [-0.2, -0.15) is 0 Å². The van der Waals surface area contributed by atoms with Crippen LogP contribution in [0.5, 0.6) is 11.5 Å². The lowest BCUT2D eigenvalue weighted by Gasteiger charge is -2.25. The molecular formula is C32H29BrN2O5S. The quantitative estimate of drug-likeness (QED) is 0.226. The molecule has 9 heteroatoms. The maximum atomic E-state index is 13.9. The fourth-order valence-electron chi connectivity index (χ4n) is 4.73. The number of allylic oxidation sites excluding steroid dienone is 1. The number of methoxy groups -OCH3 is 1. The second-order valence-corrected chi connectivity index (χ2v) is 11.1. The van der Waals surface area contributed by atoms with E-state index in [1.54, 1.807) is 4.57 Å². The molecule has 0 saturated carbocycles. The predicted octanol–water partition coefficient (Wildman–Crippen LogP) is 5.54. The topological polar surface area (TPSA) is 79.1 Å². The van der Waals surface area contributed by atoms with Crippen LogP contribution in [0.25, 0.3) is 6.08 Å². The van der Waals surface area contributed by atoms with Crippen molar-refractivity contribution in [1.29, 1.82) is 0 Å². The van der Waals surface area contributed by atoms with Crippen molar-refractivity contribution in [1.82, 2.24) is 4.57 Å². The molecule has 3 aromatic carbocycles. The molecule has 1 aliphatic rings. The van der Waals surface area contributed by atoms with Crippen molar-refractivity contribution >= 4 is 39.3 Å². The summed E-state index contributed by atoms with van der Waals surface area (Å²) in [4.78, 5) is 32.2. The number of aromatic nitrogens is 1. The molecule has 1 aliphatic heterocycles. The number of ether oxygens (including phenoxy) is 3. The average molecular weight is 634 g/mol. The normalized spacial score (nSPS) is 14.8. The van der Waals surface area contributed by atoms with Crippen LogP contribution in [0.1, 0.15) is 43.0 Å². The number of rotatable bonds is 9. The number of hydrogen-bond donors (Lipinski definition) is 0. The molecule has 0 bridgehead atoms. The molecule has 41 heavy (non-hydrogen) atoms. The number of fused-ring (bicyclic) bond motifs is 1. The van der Waals surface area contributed by atoms with E-state index in [-0.39, 0.29) is 5.56 Å². The van der Waals surface area contributed by atoms with E-state index in [1.165, 1.54) is 18.4 Å². The SMILES string of the molecule is CCOc1cc(/C=c2\sc3n(c2=O)[C@H](c2ccccc2)C(C(=O)OC)=C(CC)N=3)c(Br)cc1OCc1ccccc1. The van der Waals surface area contributed by atoms with E-state index >= 15 is 0 Å². The Morgan fingerprint density at radius 2 is 1.71 bits per heavy atom. The van der Waals surface area contributed by atoms with E-state index in [2.05, 4.69) is 15.9 Å². The van der Waals surface area contributed by atoms with Gasteiger partial charge in [0.05, 0.1) is 35.6 Å². The molecule has 0 unspecified atom stereocenters. The van der Waals surface area contributed by atoms with E-state index in [1.807, 2.05) is 92.7 Å².